The Morgan fingerprint density at radius 2 is 2.17 bits per heavy atom. The SMILES string of the molecule is Cc1cccc2c1NC1CCN3CCCCC3=C21. The second-order valence-electron chi connectivity index (χ2n) is 5.79. The summed E-state index contributed by atoms with van der Waals surface area (Å²) >= 11 is 0. The van der Waals surface area contributed by atoms with Crippen molar-refractivity contribution in [2.45, 2.75) is 38.6 Å². The molecule has 18 heavy (non-hydrogen) atoms. The van der Waals surface area contributed by atoms with Crippen molar-refractivity contribution in [3.05, 3.63) is 35.0 Å². The molecule has 2 nitrogen and oxygen atoms in total. The van der Waals surface area contributed by atoms with E-state index < -0.39 is 0 Å². The molecule has 1 unspecified atom stereocenters. The third kappa shape index (κ3) is 1.35. The van der Waals surface area contributed by atoms with Crippen LogP contribution in [0.4, 0.5) is 5.69 Å². The van der Waals surface area contributed by atoms with E-state index in [1.54, 1.807) is 11.3 Å². The summed E-state index contributed by atoms with van der Waals surface area (Å²) in [5.74, 6) is 0. The number of anilines is 1. The Balaban J connectivity index is 1.90. The van der Waals surface area contributed by atoms with Gasteiger partial charge in [0, 0.05) is 35.6 Å². The number of hydrogen-bond donors (Lipinski definition) is 1. The number of nitrogens with one attached hydrogen (secondary N) is 1. The van der Waals surface area contributed by atoms with Crippen LogP contribution in [0, 0.1) is 6.92 Å². The molecule has 0 aliphatic carbocycles. The number of hydrogen-bond acceptors (Lipinski definition) is 2. The van der Waals surface area contributed by atoms with Crippen LogP contribution in [0.3, 0.4) is 0 Å². The summed E-state index contributed by atoms with van der Waals surface area (Å²) in [6.07, 6.45) is 5.27. The summed E-state index contributed by atoms with van der Waals surface area (Å²) in [4.78, 5) is 2.63. The first-order valence-corrected chi connectivity index (χ1v) is 7.19. The van der Waals surface area contributed by atoms with Crippen molar-refractivity contribution in [3.8, 4) is 0 Å². The van der Waals surface area contributed by atoms with Crippen molar-refractivity contribution in [2.75, 3.05) is 18.4 Å². The molecule has 3 aliphatic rings. The van der Waals surface area contributed by atoms with Crippen molar-refractivity contribution in [1.29, 1.82) is 0 Å². The molecule has 3 aliphatic heterocycles. The average molecular weight is 240 g/mol. The van der Waals surface area contributed by atoms with Gasteiger partial charge in [0.05, 0.1) is 6.04 Å². The Hall–Kier alpha value is -1.44. The van der Waals surface area contributed by atoms with Crippen LogP contribution in [0.1, 0.15) is 36.8 Å². The van der Waals surface area contributed by atoms with E-state index in [1.165, 1.54) is 55.6 Å². The predicted molar refractivity (Wildman–Crippen MR) is 75.6 cm³/mol. The highest BCUT2D eigenvalue weighted by molar-refractivity contribution is 5.90. The van der Waals surface area contributed by atoms with Crippen LogP contribution in [-0.4, -0.2) is 24.0 Å². The van der Waals surface area contributed by atoms with Crippen LogP contribution in [0.2, 0.25) is 0 Å². The molecule has 0 bridgehead atoms. The van der Waals surface area contributed by atoms with Crippen molar-refractivity contribution >= 4 is 11.3 Å². The first-order valence-electron chi connectivity index (χ1n) is 7.19. The molecule has 1 aromatic rings. The zero-order chi connectivity index (χ0) is 12.1. The van der Waals surface area contributed by atoms with Gasteiger partial charge in [-0.05, 0) is 38.2 Å². The Morgan fingerprint density at radius 3 is 3.11 bits per heavy atom. The van der Waals surface area contributed by atoms with E-state index in [-0.39, 0.29) is 0 Å². The number of rotatable bonds is 0. The van der Waals surface area contributed by atoms with Gasteiger partial charge in [-0.1, -0.05) is 18.2 Å². The molecule has 0 saturated carbocycles. The van der Waals surface area contributed by atoms with Gasteiger partial charge in [0.2, 0.25) is 0 Å². The minimum atomic E-state index is 0.574. The predicted octanol–water partition coefficient (Wildman–Crippen LogP) is 3.39. The molecule has 2 heteroatoms. The van der Waals surface area contributed by atoms with Crippen LogP contribution < -0.4 is 5.32 Å². The van der Waals surface area contributed by atoms with Crippen LogP contribution in [-0.2, 0) is 0 Å². The highest BCUT2D eigenvalue weighted by atomic mass is 15.2. The standard InChI is InChI=1S/C16H20N2/c1-11-5-4-6-12-15-13(17-16(11)12)8-10-18-9-3-2-7-14(15)18/h4-6,13,17H,2-3,7-10H2,1H3. The van der Waals surface area contributed by atoms with Crippen molar-refractivity contribution in [3.63, 3.8) is 0 Å². The van der Waals surface area contributed by atoms with E-state index >= 15 is 0 Å². The molecule has 1 aromatic carbocycles. The first kappa shape index (κ1) is 10.5. The van der Waals surface area contributed by atoms with Gasteiger partial charge in [-0.15, -0.1) is 0 Å². The topological polar surface area (TPSA) is 15.3 Å². The number of nitrogens with zero attached hydrogens (tertiary/aromatic N) is 1. The summed E-state index contributed by atoms with van der Waals surface area (Å²) in [6.45, 7) is 4.73. The maximum absolute atomic E-state index is 3.75. The molecule has 0 spiro atoms. The van der Waals surface area contributed by atoms with Gasteiger partial charge >= 0.3 is 0 Å². The molecule has 0 radical (unpaired) electrons. The van der Waals surface area contributed by atoms with Gasteiger partial charge in [0.15, 0.2) is 0 Å². The molecule has 4 rings (SSSR count). The van der Waals surface area contributed by atoms with E-state index in [9.17, 15) is 0 Å². The number of piperidine rings is 1. The van der Waals surface area contributed by atoms with Crippen LogP contribution in [0.15, 0.2) is 23.9 Å². The molecule has 0 amide bonds. The summed E-state index contributed by atoms with van der Waals surface area (Å²) in [7, 11) is 0. The van der Waals surface area contributed by atoms with Gasteiger partial charge < -0.3 is 10.2 Å². The number of benzene rings is 1. The smallest absolute Gasteiger partial charge is 0.0554 e. The fourth-order valence-corrected chi connectivity index (χ4v) is 3.82. The number of aryl methyl sites for hydroxylation is 1. The van der Waals surface area contributed by atoms with Crippen molar-refractivity contribution in [1.82, 2.24) is 4.90 Å². The Kier molecular flexibility index (Phi) is 2.20. The van der Waals surface area contributed by atoms with Crippen LogP contribution in [0.25, 0.3) is 5.57 Å². The first-order chi connectivity index (χ1) is 8.84. The summed E-state index contributed by atoms with van der Waals surface area (Å²) in [6, 6.07) is 7.29. The second kappa shape index (κ2) is 3.78. The van der Waals surface area contributed by atoms with E-state index in [4.69, 9.17) is 0 Å². The summed E-state index contributed by atoms with van der Waals surface area (Å²) in [5, 5.41) is 3.75. The largest absolute Gasteiger partial charge is 0.377 e. The number of allylic oxidation sites excluding steroid dienone is 1. The van der Waals surface area contributed by atoms with Gasteiger partial charge in [0.1, 0.15) is 0 Å². The minimum absolute atomic E-state index is 0.574. The van der Waals surface area contributed by atoms with Gasteiger partial charge in [-0.3, -0.25) is 0 Å². The monoisotopic (exact) mass is 240 g/mol. The third-order valence-corrected chi connectivity index (χ3v) is 4.70. The summed E-state index contributed by atoms with van der Waals surface area (Å²) in [5.41, 5.74) is 7.49. The Morgan fingerprint density at radius 1 is 1.22 bits per heavy atom. The average Bonchev–Trinajstić information content (AvgIpc) is 2.79. The minimum Gasteiger partial charge on any atom is -0.377 e. The molecule has 94 valence electrons. The van der Waals surface area contributed by atoms with E-state index in [0.29, 0.717) is 6.04 Å². The third-order valence-electron chi connectivity index (χ3n) is 4.70. The van der Waals surface area contributed by atoms with Crippen molar-refractivity contribution < 1.29 is 0 Å². The van der Waals surface area contributed by atoms with Gasteiger partial charge in [-0.2, -0.15) is 0 Å². The van der Waals surface area contributed by atoms with Gasteiger partial charge in [0.25, 0.3) is 0 Å². The molecule has 3 heterocycles. The Bertz CT molecular complexity index is 530. The van der Waals surface area contributed by atoms with E-state index in [1.807, 2.05) is 0 Å². The lowest BCUT2D eigenvalue weighted by Gasteiger charge is -2.38. The number of para-hydroxylation sites is 1. The maximum atomic E-state index is 3.75. The van der Waals surface area contributed by atoms with Crippen LogP contribution in [0.5, 0.6) is 0 Å². The maximum Gasteiger partial charge on any atom is 0.0554 e. The van der Waals surface area contributed by atoms with Crippen LogP contribution >= 0.6 is 0 Å². The molecular weight excluding hydrogens is 220 g/mol. The zero-order valence-electron chi connectivity index (χ0n) is 11.0. The van der Waals surface area contributed by atoms with Crippen molar-refractivity contribution in [2.24, 2.45) is 0 Å². The second-order valence-corrected chi connectivity index (χ2v) is 5.79. The normalized spacial score (nSPS) is 25.4. The molecule has 1 atom stereocenters. The molecule has 1 saturated heterocycles. The highest BCUT2D eigenvalue weighted by Gasteiger charge is 2.35. The van der Waals surface area contributed by atoms with E-state index in [0.717, 1.165) is 0 Å². The fraction of sp³-hybridized carbons (Fsp3) is 0.500. The highest BCUT2D eigenvalue weighted by Crippen LogP contribution is 2.45. The molecular formula is C16H20N2. The lowest BCUT2D eigenvalue weighted by Crippen LogP contribution is -2.37. The van der Waals surface area contributed by atoms with Gasteiger partial charge in [-0.25, -0.2) is 0 Å². The lowest BCUT2D eigenvalue weighted by atomic mass is 9.89. The molecule has 1 fully saturated rings. The fourth-order valence-electron chi connectivity index (χ4n) is 3.82. The molecule has 1 N–H and O–H groups in total. The quantitative estimate of drug-likeness (QED) is 0.747. The Labute approximate surface area is 109 Å². The van der Waals surface area contributed by atoms with E-state index in [2.05, 4.69) is 35.3 Å². The molecule has 0 aromatic heterocycles. The number of fused-ring (bicyclic) bond motifs is 4. The lowest BCUT2D eigenvalue weighted by molar-refractivity contribution is 0.274. The zero-order valence-corrected chi connectivity index (χ0v) is 11.0. The summed E-state index contributed by atoms with van der Waals surface area (Å²) < 4.78 is 0.